The smallest absolute Gasteiger partial charge is 0.444 e. The Morgan fingerprint density at radius 2 is 1.69 bits per heavy atom. The van der Waals surface area contributed by atoms with Gasteiger partial charge in [0, 0.05) is 37.8 Å². The summed E-state index contributed by atoms with van der Waals surface area (Å²) in [6, 6.07) is 4.01. The molecule has 3 aliphatic heterocycles. The van der Waals surface area contributed by atoms with Crippen LogP contribution in [-0.2, 0) is 14.0 Å². The van der Waals surface area contributed by atoms with Crippen molar-refractivity contribution in [2.24, 2.45) is 5.41 Å². The van der Waals surface area contributed by atoms with E-state index in [0.717, 1.165) is 37.5 Å². The van der Waals surface area contributed by atoms with Crippen LogP contribution < -0.4 is 10.4 Å². The van der Waals surface area contributed by atoms with E-state index in [1.807, 2.05) is 33.0 Å². The third kappa shape index (κ3) is 3.72. The summed E-state index contributed by atoms with van der Waals surface area (Å²) in [5.74, 6) is 0.929. The minimum Gasteiger partial charge on any atom is -0.444 e. The van der Waals surface area contributed by atoms with Gasteiger partial charge in [-0.05, 0) is 66.1 Å². The summed E-state index contributed by atoms with van der Waals surface area (Å²) in [6.45, 7) is 17.2. The summed E-state index contributed by atoms with van der Waals surface area (Å²) < 4.78 is 17.8. The van der Waals surface area contributed by atoms with Crippen molar-refractivity contribution in [1.82, 2.24) is 9.88 Å². The average molecular weight is 401 g/mol. The van der Waals surface area contributed by atoms with E-state index >= 15 is 0 Å². The Labute approximate surface area is 173 Å². The van der Waals surface area contributed by atoms with Crippen molar-refractivity contribution in [3.8, 4) is 0 Å². The molecule has 4 heterocycles. The minimum absolute atomic E-state index is 0.166. The molecule has 8 heteroatoms. The molecule has 0 unspecified atom stereocenters. The Hall–Kier alpha value is -1.80. The molecule has 0 bridgehead atoms. The van der Waals surface area contributed by atoms with E-state index in [1.54, 1.807) is 4.90 Å². The third-order valence-electron chi connectivity index (χ3n) is 6.38. The number of carbonyl (C=O) groups is 1. The third-order valence-corrected chi connectivity index (χ3v) is 6.38. The first-order valence-corrected chi connectivity index (χ1v) is 10.3. The number of hydrogen-bond acceptors (Lipinski definition) is 6. The van der Waals surface area contributed by atoms with E-state index < -0.39 is 5.60 Å². The van der Waals surface area contributed by atoms with Crippen molar-refractivity contribution in [3.63, 3.8) is 0 Å². The second-order valence-corrected chi connectivity index (χ2v) is 10.7. The fourth-order valence-electron chi connectivity index (χ4n) is 4.08. The molecule has 1 aromatic heterocycles. The highest BCUT2D eigenvalue weighted by atomic mass is 16.7. The van der Waals surface area contributed by atoms with Gasteiger partial charge in [0.25, 0.3) is 0 Å². The minimum atomic E-state index is -0.455. The lowest BCUT2D eigenvalue weighted by Gasteiger charge is -2.60. The molecular weight excluding hydrogens is 369 g/mol. The molecule has 1 spiro atoms. The van der Waals surface area contributed by atoms with Gasteiger partial charge in [-0.2, -0.15) is 0 Å². The van der Waals surface area contributed by atoms with Crippen molar-refractivity contribution < 1.29 is 18.8 Å². The SMILES string of the molecule is CC(C)(C)OC(=O)N1CC2(C1)CN(c1cc(B3OC(C)(C)C(C)(C)O3)ccn1)C2. The van der Waals surface area contributed by atoms with Crippen LogP contribution in [0.3, 0.4) is 0 Å². The summed E-state index contributed by atoms with van der Waals surface area (Å²) >= 11 is 0. The fraction of sp³-hybridized carbons (Fsp3) is 0.714. The van der Waals surface area contributed by atoms with Crippen LogP contribution in [0.1, 0.15) is 48.5 Å². The number of carbonyl (C=O) groups excluding carboxylic acids is 1. The molecule has 7 nitrogen and oxygen atoms in total. The average Bonchev–Trinajstić information content (AvgIpc) is 2.71. The number of likely N-dealkylation sites (tertiary alicyclic amines) is 1. The molecule has 4 rings (SSSR count). The van der Waals surface area contributed by atoms with Crippen molar-refractivity contribution in [1.29, 1.82) is 0 Å². The van der Waals surface area contributed by atoms with Crippen LogP contribution in [0.15, 0.2) is 18.3 Å². The van der Waals surface area contributed by atoms with Crippen LogP contribution in [0.4, 0.5) is 10.6 Å². The van der Waals surface area contributed by atoms with E-state index in [4.69, 9.17) is 14.0 Å². The predicted octanol–water partition coefficient (Wildman–Crippen LogP) is 2.44. The number of aromatic nitrogens is 1. The molecule has 0 N–H and O–H groups in total. The largest absolute Gasteiger partial charge is 0.495 e. The van der Waals surface area contributed by atoms with Gasteiger partial charge in [-0.25, -0.2) is 9.78 Å². The van der Waals surface area contributed by atoms with E-state index in [0.29, 0.717) is 0 Å². The van der Waals surface area contributed by atoms with Crippen LogP contribution in [0.2, 0.25) is 0 Å². The van der Waals surface area contributed by atoms with E-state index in [9.17, 15) is 4.79 Å². The number of amides is 1. The molecule has 1 aromatic rings. The molecular formula is C21H32BN3O4. The second-order valence-electron chi connectivity index (χ2n) is 10.7. The zero-order valence-electron chi connectivity index (χ0n) is 18.6. The van der Waals surface area contributed by atoms with Gasteiger partial charge in [-0.15, -0.1) is 0 Å². The number of pyridine rings is 1. The topological polar surface area (TPSA) is 64.1 Å². The van der Waals surface area contributed by atoms with Crippen molar-refractivity contribution in [3.05, 3.63) is 18.3 Å². The lowest BCUT2D eigenvalue weighted by atomic mass is 9.72. The summed E-state index contributed by atoms with van der Waals surface area (Å²) in [5.41, 5.74) is -0.0289. The highest BCUT2D eigenvalue weighted by molar-refractivity contribution is 6.62. The van der Waals surface area contributed by atoms with Crippen LogP contribution in [0, 0.1) is 5.41 Å². The Balaban J connectivity index is 1.35. The molecule has 158 valence electrons. The maximum Gasteiger partial charge on any atom is 0.495 e. The van der Waals surface area contributed by atoms with Gasteiger partial charge in [0.2, 0.25) is 0 Å². The number of hydrogen-bond donors (Lipinski definition) is 0. The van der Waals surface area contributed by atoms with Crippen LogP contribution in [0.25, 0.3) is 0 Å². The molecule has 0 radical (unpaired) electrons. The van der Waals surface area contributed by atoms with E-state index in [1.165, 1.54) is 0 Å². The zero-order valence-corrected chi connectivity index (χ0v) is 18.6. The number of nitrogens with zero attached hydrogens (tertiary/aromatic N) is 3. The highest BCUT2D eigenvalue weighted by Crippen LogP contribution is 2.42. The van der Waals surface area contributed by atoms with Gasteiger partial charge >= 0.3 is 13.2 Å². The van der Waals surface area contributed by atoms with Gasteiger partial charge in [0.05, 0.1) is 11.2 Å². The molecule has 3 fully saturated rings. The maximum absolute atomic E-state index is 12.2. The summed E-state index contributed by atoms with van der Waals surface area (Å²) in [6.07, 6.45) is 1.59. The quantitative estimate of drug-likeness (QED) is 0.710. The number of rotatable bonds is 2. The Morgan fingerprint density at radius 3 is 2.24 bits per heavy atom. The summed E-state index contributed by atoms with van der Waals surface area (Å²) in [5, 5.41) is 0. The maximum atomic E-state index is 12.2. The Morgan fingerprint density at radius 1 is 1.10 bits per heavy atom. The standard InChI is InChI=1S/C21H32BN3O4/c1-18(2,3)27-17(26)25-13-21(14-25)11-24(12-21)16-10-15(8-9-23-16)22-28-19(4,5)20(6,7)29-22/h8-10H,11-14H2,1-7H3. The van der Waals surface area contributed by atoms with Crippen LogP contribution in [-0.4, -0.2) is 66.1 Å². The number of ether oxygens (including phenoxy) is 1. The van der Waals surface area contributed by atoms with Gasteiger partial charge in [0.1, 0.15) is 11.4 Å². The monoisotopic (exact) mass is 401 g/mol. The normalized spacial score (nSPS) is 24.3. The lowest BCUT2D eigenvalue weighted by Crippen LogP contribution is -2.73. The second kappa shape index (κ2) is 6.35. The molecule has 0 aliphatic carbocycles. The summed E-state index contributed by atoms with van der Waals surface area (Å²) in [4.78, 5) is 20.7. The first kappa shape index (κ1) is 20.5. The lowest BCUT2D eigenvalue weighted by molar-refractivity contribution is -0.0454. The van der Waals surface area contributed by atoms with Crippen molar-refractivity contribution in [2.75, 3.05) is 31.1 Å². The molecule has 0 aromatic carbocycles. The molecule has 3 aliphatic rings. The van der Waals surface area contributed by atoms with Gasteiger partial charge in [0.15, 0.2) is 0 Å². The molecule has 29 heavy (non-hydrogen) atoms. The van der Waals surface area contributed by atoms with Gasteiger partial charge in [-0.3, -0.25) is 0 Å². The molecule has 0 saturated carbocycles. The van der Waals surface area contributed by atoms with E-state index in [2.05, 4.69) is 43.6 Å². The molecule has 3 saturated heterocycles. The van der Waals surface area contributed by atoms with Crippen molar-refractivity contribution >= 4 is 24.5 Å². The molecule has 0 atom stereocenters. The van der Waals surface area contributed by atoms with Gasteiger partial charge < -0.3 is 23.8 Å². The zero-order chi connectivity index (χ0) is 21.2. The van der Waals surface area contributed by atoms with Crippen LogP contribution in [0.5, 0.6) is 0 Å². The highest BCUT2D eigenvalue weighted by Gasteiger charge is 2.55. The van der Waals surface area contributed by atoms with E-state index in [-0.39, 0.29) is 29.8 Å². The number of anilines is 1. The fourth-order valence-corrected chi connectivity index (χ4v) is 4.08. The van der Waals surface area contributed by atoms with Gasteiger partial charge in [-0.1, -0.05) is 0 Å². The molecule has 1 amide bonds. The Kier molecular flexibility index (Phi) is 4.48. The first-order chi connectivity index (χ1) is 13.3. The predicted molar refractivity (Wildman–Crippen MR) is 112 cm³/mol. The first-order valence-electron chi connectivity index (χ1n) is 10.3. The van der Waals surface area contributed by atoms with Crippen LogP contribution >= 0.6 is 0 Å². The van der Waals surface area contributed by atoms with Crippen molar-refractivity contribution in [2.45, 2.75) is 65.3 Å². The summed E-state index contributed by atoms with van der Waals surface area (Å²) in [7, 11) is -0.386. The Bertz CT molecular complexity index is 790.